The van der Waals surface area contributed by atoms with E-state index in [0.717, 1.165) is 36.8 Å². The number of nitrogens with two attached hydrogens (primary N) is 1. The molecule has 0 aliphatic rings. The van der Waals surface area contributed by atoms with Crippen LogP contribution < -0.4 is 11.1 Å². The van der Waals surface area contributed by atoms with Crippen molar-refractivity contribution in [2.24, 2.45) is 0 Å². The first-order valence-corrected chi connectivity index (χ1v) is 8.26. The zero-order valence-electron chi connectivity index (χ0n) is 12.4. The normalized spacial score (nSPS) is 10.8. The molecule has 0 aliphatic heterocycles. The van der Waals surface area contributed by atoms with Gasteiger partial charge in [0, 0.05) is 35.8 Å². The summed E-state index contributed by atoms with van der Waals surface area (Å²) in [6, 6.07) is 7.26. The molecule has 20 heavy (non-hydrogen) atoms. The first-order chi connectivity index (χ1) is 9.65. The van der Waals surface area contributed by atoms with Gasteiger partial charge in [0.25, 0.3) is 0 Å². The molecule has 1 amide bonds. The van der Waals surface area contributed by atoms with Gasteiger partial charge >= 0.3 is 0 Å². The zero-order chi connectivity index (χ0) is 14.8. The maximum atomic E-state index is 11.8. The molecule has 1 aromatic carbocycles. The minimum atomic E-state index is 0.0472. The number of amides is 1. The predicted octanol–water partition coefficient (Wildman–Crippen LogP) is 2.67. The monoisotopic (exact) mass is 295 g/mol. The van der Waals surface area contributed by atoms with E-state index >= 15 is 0 Å². The fourth-order valence-corrected chi connectivity index (χ4v) is 2.76. The lowest BCUT2D eigenvalue weighted by Crippen LogP contribution is -2.25. The van der Waals surface area contributed by atoms with E-state index in [1.165, 1.54) is 0 Å². The highest BCUT2D eigenvalue weighted by atomic mass is 32.2. The van der Waals surface area contributed by atoms with Crippen LogP contribution in [0.4, 0.5) is 11.4 Å². The largest absolute Gasteiger partial charge is 0.399 e. The summed E-state index contributed by atoms with van der Waals surface area (Å²) in [5, 5.41) is 2.86. The summed E-state index contributed by atoms with van der Waals surface area (Å²) in [5.41, 5.74) is 7.10. The highest BCUT2D eigenvalue weighted by molar-refractivity contribution is 7.99. The van der Waals surface area contributed by atoms with Crippen LogP contribution in [-0.2, 0) is 4.79 Å². The number of rotatable bonds is 9. The summed E-state index contributed by atoms with van der Waals surface area (Å²) in [7, 11) is 0. The molecule has 1 rings (SSSR count). The number of anilines is 2. The van der Waals surface area contributed by atoms with Crippen LogP contribution in [0, 0.1) is 0 Å². The summed E-state index contributed by atoms with van der Waals surface area (Å²) in [4.78, 5) is 14.1. The van der Waals surface area contributed by atoms with Gasteiger partial charge in [-0.2, -0.15) is 11.8 Å². The first-order valence-electron chi connectivity index (χ1n) is 7.11. The SMILES string of the molecule is CCN(CC)CCSCCC(=O)Nc1cccc(N)c1. The first kappa shape index (κ1) is 16.9. The Hall–Kier alpha value is -1.20. The molecule has 0 saturated carbocycles. The Balaban J connectivity index is 2.14. The Morgan fingerprint density at radius 3 is 2.70 bits per heavy atom. The summed E-state index contributed by atoms with van der Waals surface area (Å²) in [6.07, 6.45) is 0.539. The third kappa shape index (κ3) is 6.82. The molecule has 0 unspecified atom stereocenters. The molecule has 0 spiro atoms. The quantitative estimate of drug-likeness (QED) is 0.543. The Bertz CT molecular complexity index is 408. The lowest BCUT2D eigenvalue weighted by Gasteiger charge is -2.17. The average molecular weight is 295 g/mol. The summed E-state index contributed by atoms with van der Waals surface area (Å²) >= 11 is 1.83. The van der Waals surface area contributed by atoms with Gasteiger partial charge in [-0.3, -0.25) is 4.79 Å². The van der Waals surface area contributed by atoms with Crippen molar-refractivity contribution >= 4 is 29.0 Å². The number of carbonyl (C=O) groups excluding carboxylic acids is 1. The van der Waals surface area contributed by atoms with E-state index in [1.54, 1.807) is 12.1 Å². The smallest absolute Gasteiger partial charge is 0.225 e. The molecular formula is C15H25N3OS. The molecule has 4 nitrogen and oxygen atoms in total. The molecule has 0 heterocycles. The standard InChI is InChI=1S/C15H25N3OS/c1-3-18(4-2)9-11-20-10-8-15(19)17-14-7-5-6-13(16)12-14/h5-7,12H,3-4,8-11,16H2,1-2H3,(H,17,19). The number of nitrogens with one attached hydrogen (secondary N) is 1. The maximum absolute atomic E-state index is 11.8. The average Bonchev–Trinajstić information content (AvgIpc) is 2.43. The Morgan fingerprint density at radius 1 is 1.30 bits per heavy atom. The van der Waals surface area contributed by atoms with Gasteiger partial charge in [-0.1, -0.05) is 19.9 Å². The second-order valence-electron chi connectivity index (χ2n) is 4.56. The van der Waals surface area contributed by atoms with E-state index in [2.05, 4.69) is 24.1 Å². The van der Waals surface area contributed by atoms with Crippen molar-refractivity contribution in [2.45, 2.75) is 20.3 Å². The Morgan fingerprint density at radius 2 is 2.05 bits per heavy atom. The van der Waals surface area contributed by atoms with Crippen molar-refractivity contribution < 1.29 is 4.79 Å². The van der Waals surface area contributed by atoms with Crippen LogP contribution >= 0.6 is 11.8 Å². The van der Waals surface area contributed by atoms with Crippen molar-refractivity contribution in [3.63, 3.8) is 0 Å². The van der Waals surface area contributed by atoms with Crippen molar-refractivity contribution in [1.29, 1.82) is 0 Å². The number of benzene rings is 1. The third-order valence-corrected chi connectivity index (χ3v) is 4.05. The summed E-state index contributed by atoms with van der Waals surface area (Å²) in [5.74, 6) is 1.98. The van der Waals surface area contributed by atoms with Gasteiger partial charge in [-0.05, 0) is 31.3 Å². The molecule has 112 valence electrons. The fraction of sp³-hybridized carbons (Fsp3) is 0.533. The highest BCUT2D eigenvalue weighted by Crippen LogP contribution is 2.12. The maximum Gasteiger partial charge on any atom is 0.225 e. The van der Waals surface area contributed by atoms with E-state index in [0.29, 0.717) is 12.1 Å². The molecule has 0 atom stereocenters. The van der Waals surface area contributed by atoms with Gasteiger partial charge in [-0.25, -0.2) is 0 Å². The molecule has 0 bridgehead atoms. The van der Waals surface area contributed by atoms with Crippen LogP contribution in [0.2, 0.25) is 0 Å². The van der Waals surface area contributed by atoms with Gasteiger partial charge in [0.05, 0.1) is 0 Å². The minimum Gasteiger partial charge on any atom is -0.399 e. The predicted molar refractivity (Wildman–Crippen MR) is 89.2 cm³/mol. The third-order valence-electron chi connectivity index (χ3n) is 3.09. The minimum absolute atomic E-state index is 0.0472. The molecular weight excluding hydrogens is 270 g/mol. The van der Waals surface area contributed by atoms with Gasteiger partial charge in [0.15, 0.2) is 0 Å². The second kappa shape index (κ2) is 9.66. The van der Waals surface area contributed by atoms with Crippen molar-refractivity contribution in [1.82, 2.24) is 4.90 Å². The van der Waals surface area contributed by atoms with Gasteiger partial charge in [-0.15, -0.1) is 0 Å². The van der Waals surface area contributed by atoms with Crippen LogP contribution in [0.3, 0.4) is 0 Å². The number of nitrogen functional groups attached to an aromatic ring is 1. The fourth-order valence-electron chi connectivity index (χ4n) is 1.84. The summed E-state index contributed by atoms with van der Waals surface area (Å²) < 4.78 is 0. The van der Waals surface area contributed by atoms with E-state index in [-0.39, 0.29) is 5.91 Å². The number of carbonyl (C=O) groups is 1. The topological polar surface area (TPSA) is 58.4 Å². The molecule has 5 heteroatoms. The van der Waals surface area contributed by atoms with Crippen molar-refractivity contribution in [3.8, 4) is 0 Å². The molecule has 3 N–H and O–H groups in total. The highest BCUT2D eigenvalue weighted by Gasteiger charge is 2.03. The van der Waals surface area contributed by atoms with Crippen LogP contribution in [0.25, 0.3) is 0 Å². The number of thioether (sulfide) groups is 1. The van der Waals surface area contributed by atoms with Crippen molar-refractivity contribution in [3.05, 3.63) is 24.3 Å². The van der Waals surface area contributed by atoms with Crippen LogP contribution in [0.5, 0.6) is 0 Å². The lowest BCUT2D eigenvalue weighted by atomic mass is 10.3. The van der Waals surface area contributed by atoms with Crippen LogP contribution in [0.1, 0.15) is 20.3 Å². The van der Waals surface area contributed by atoms with E-state index in [1.807, 2.05) is 23.9 Å². The van der Waals surface area contributed by atoms with Gasteiger partial charge < -0.3 is 16.0 Å². The van der Waals surface area contributed by atoms with Gasteiger partial charge in [0.2, 0.25) is 5.91 Å². The molecule has 0 aromatic heterocycles. The second-order valence-corrected chi connectivity index (χ2v) is 5.79. The Kier molecular flexibility index (Phi) is 8.14. The van der Waals surface area contributed by atoms with Crippen LogP contribution in [0.15, 0.2) is 24.3 Å². The molecule has 1 aromatic rings. The van der Waals surface area contributed by atoms with Gasteiger partial charge in [0.1, 0.15) is 0 Å². The molecule has 0 fully saturated rings. The lowest BCUT2D eigenvalue weighted by molar-refractivity contribution is -0.115. The number of nitrogens with zero attached hydrogens (tertiary/aromatic N) is 1. The van der Waals surface area contributed by atoms with Crippen LogP contribution in [-0.4, -0.2) is 41.9 Å². The number of hydrogen-bond donors (Lipinski definition) is 2. The van der Waals surface area contributed by atoms with Crippen molar-refractivity contribution in [2.75, 3.05) is 42.2 Å². The molecule has 0 radical (unpaired) electrons. The van der Waals surface area contributed by atoms with E-state index in [4.69, 9.17) is 5.73 Å². The Labute approximate surface area is 126 Å². The number of hydrogen-bond acceptors (Lipinski definition) is 4. The van der Waals surface area contributed by atoms with E-state index in [9.17, 15) is 4.79 Å². The molecule has 0 saturated heterocycles. The summed E-state index contributed by atoms with van der Waals surface area (Å²) in [6.45, 7) is 7.62. The van der Waals surface area contributed by atoms with E-state index < -0.39 is 0 Å². The zero-order valence-corrected chi connectivity index (χ0v) is 13.2. The molecule has 0 aliphatic carbocycles.